The van der Waals surface area contributed by atoms with E-state index in [1.165, 1.54) is 0 Å². The molecule has 2 N–H and O–H groups in total. The van der Waals surface area contributed by atoms with Crippen LogP contribution in [-0.2, 0) is 4.74 Å². The van der Waals surface area contributed by atoms with Gasteiger partial charge in [0.15, 0.2) is 6.79 Å². The largest absolute Gasteiger partial charge is 0.467 e. The van der Waals surface area contributed by atoms with Crippen LogP contribution in [0.15, 0.2) is 24.3 Å². The average Bonchev–Trinajstić information content (AvgIpc) is 2.43. The molecule has 1 heterocycles. The molecule has 1 aromatic rings. The number of benzene rings is 1. The molecule has 1 aliphatic rings. The maximum Gasteiger partial charge on any atom is 0.411 e. The molecule has 0 spiro atoms. The summed E-state index contributed by atoms with van der Waals surface area (Å²) in [5, 5.41) is 0. The lowest BCUT2D eigenvalue weighted by atomic mass is 10.1. The molecular formula is C14H19F3N2O2. The van der Waals surface area contributed by atoms with Crippen LogP contribution in [0.1, 0.15) is 12.8 Å². The highest BCUT2D eigenvalue weighted by atomic mass is 19.4. The normalized spacial score (nSPS) is 19.6. The third kappa shape index (κ3) is 5.43. The summed E-state index contributed by atoms with van der Waals surface area (Å²) in [5.74, 6) is 0.480. The van der Waals surface area contributed by atoms with Crippen molar-refractivity contribution < 1.29 is 22.6 Å². The van der Waals surface area contributed by atoms with Crippen molar-refractivity contribution in [3.05, 3.63) is 24.3 Å². The van der Waals surface area contributed by atoms with Crippen molar-refractivity contribution in [1.29, 1.82) is 0 Å². The number of anilines is 1. The van der Waals surface area contributed by atoms with E-state index in [2.05, 4.69) is 9.64 Å². The second kappa shape index (κ2) is 7.00. The first-order valence-electron chi connectivity index (χ1n) is 6.82. The van der Waals surface area contributed by atoms with Crippen LogP contribution in [0.4, 0.5) is 18.9 Å². The molecule has 0 aromatic heterocycles. The molecule has 118 valence electrons. The fraction of sp³-hybridized carbons (Fsp3) is 0.571. The molecule has 2 rings (SSSR count). The Morgan fingerprint density at radius 3 is 2.86 bits per heavy atom. The number of rotatable bonds is 5. The van der Waals surface area contributed by atoms with Crippen LogP contribution in [0.25, 0.3) is 0 Å². The van der Waals surface area contributed by atoms with Gasteiger partial charge in [0, 0.05) is 30.9 Å². The van der Waals surface area contributed by atoms with Crippen molar-refractivity contribution in [3.8, 4) is 5.75 Å². The Hall–Kier alpha value is -1.47. The van der Waals surface area contributed by atoms with Crippen molar-refractivity contribution in [3.63, 3.8) is 0 Å². The first-order valence-corrected chi connectivity index (χ1v) is 6.82. The third-order valence-corrected chi connectivity index (χ3v) is 3.22. The van der Waals surface area contributed by atoms with E-state index in [0.29, 0.717) is 5.75 Å². The zero-order valence-corrected chi connectivity index (χ0v) is 11.6. The molecule has 1 fully saturated rings. The Bertz CT molecular complexity index is 454. The SMILES string of the molecule is NC1CCCN(c2cccc(OCOCC(F)(F)F)c2)C1. The Labute approximate surface area is 121 Å². The van der Waals surface area contributed by atoms with E-state index in [-0.39, 0.29) is 6.04 Å². The number of nitrogens with two attached hydrogens (primary N) is 1. The fourth-order valence-corrected chi connectivity index (χ4v) is 2.28. The number of hydrogen-bond donors (Lipinski definition) is 1. The predicted molar refractivity (Wildman–Crippen MR) is 73.4 cm³/mol. The second-order valence-corrected chi connectivity index (χ2v) is 5.07. The van der Waals surface area contributed by atoms with E-state index in [1.807, 2.05) is 6.07 Å². The summed E-state index contributed by atoms with van der Waals surface area (Å²) in [4.78, 5) is 2.15. The van der Waals surface area contributed by atoms with E-state index in [0.717, 1.165) is 31.6 Å². The van der Waals surface area contributed by atoms with E-state index in [9.17, 15) is 13.2 Å². The maximum atomic E-state index is 11.9. The van der Waals surface area contributed by atoms with Gasteiger partial charge in [0.2, 0.25) is 0 Å². The first-order chi connectivity index (χ1) is 9.94. The Morgan fingerprint density at radius 2 is 2.14 bits per heavy atom. The molecule has 1 aliphatic heterocycles. The second-order valence-electron chi connectivity index (χ2n) is 5.07. The highest BCUT2D eigenvalue weighted by molar-refractivity contribution is 5.51. The summed E-state index contributed by atoms with van der Waals surface area (Å²) in [7, 11) is 0. The zero-order chi connectivity index (χ0) is 15.3. The molecule has 1 atom stereocenters. The van der Waals surface area contributed by atoms with E-state index < -0.39 is 19.6 Å². The van der Waals surface area contributed by atoms with Crippen LogP contribution in [0.2, 0.25) is 0 Å². The van der Waals surface area contributed by atoms with Crippen LogP contribution in [0.3, 0.4) is 0 Å². The smallest absolute Gasteiger partial charge is 0.411 e. The zero-order valence-electron chi connectivity index (χ0n) is 11.6. The number of hydrogen-bond acceptors (Lipinski definition) is 4. The van der Waals surface area contributed by atoms with Gasteiger partial charge in [-0.2, -0.15) is 13.2 Å². The molecular weight excluding hydrogens is 285 g/mol. The summed E-state index contributed by atoms with van der Waals surface area (Å²) in [6.45, 7) is -0.0497. The molecule has 0 aliphatic carbocycles. The Kier molecular flexibility index (Phi) is 5.30. The maximum absolute atomic E-state index is 11.9. The quantitative estimate of drug-likeness (QED) is 0.671. The lowest BCUT2D eigenvalue weighted by molar-refractivity contribution is -0.186. The van der Waals surface area contributed by atoms with Gasteiger partial charge in [-0.1, -0.05) is 6.07 Å². The molecule has 0 bridgehead atoms. The van der Waals surface area contributed by atoms with Crippen LogP contribution < -0.4 is 15.4 Å². The summed E-state index contributed by atoms with van der Waals surface area (Å²) in [6, 6.07) is 7.36. The average molecular weight is 304 g/mol. The van der Waals surface area contributed by atoms with Crippen molar-refractivity contribution in [2.45, 2.75) is 25.1 Å². The van der Waals surface area contributed by atoms with Crippen molar-refractivity contribution in [2.75, 3.05) is 31.4 Å². The lowest BCUT2D eigenvalue weighted by Gasteiger charge is -2.32. The van der Waals surface area contributed by atoms with Gasteiger partial charge in [0.25, 0.3) is 0 Å². The number of halogens is 3. The Balaban J connectivity index is 1.86. The summed E-state index contributed by atoms with van der Waals surface area (Å²) >= 11 is 0. The fourth-order valence-electron chi connectivity index (χ4n) is 2.28. The monoisotopic (exact) mass is 304 g/mol. The van der Waals surface area contributed by atoms with Gasteiger partial charge in [-0.05, 0) is 25.0 Å². The number of nitrogens with zero attached hydrogens (tertiary/aromatic N) is 1. The first kappa shape index (κ1) is 15.9. The minimum atomic E-state index is -4.34. The van der Waals surface area contributed by atoms with E-state index in [4.69, 9.17) is 10.5 Å². The van der Waals surface area contributed by atoms with Gasteiger partial charge in [0.05, 0.1) is 0 Å². The third-order valence-electron chi connectivity index (χ3n) is 3.22. The van der Waals surface area contributed by atoms with E-state index >= 15 is 0 Å². The van der Waals surface area contributed by atoms with Gasteiger partial charge >= 0.3 is 6.18 Å². The van der Waals surface area contributed by atoms with Gasteiger partial charge in [-0.3, -0.25) is 0 Å². The van der Waals surface area contributed by atoms with Crippen LogP contribution in [0, 0.1) is 0 Å². The topological polar surface area (TPSA) is 47.7 Å². The summed E-state index contributed by atoms with van der Waals surface area (Å²) in [5.41, 5.74) is 6.90. The lowest BCUT2D eigenvalue weighted by Crippen LogP contribution is -2.42. The van der Waals surface area contributed by atoms with Crippen LogP contribution >= 0.6 is 0 Å². The van der Waals surface area contributed by atoms with Gasteiger partial charge in [0.1, 0.15) is 12.4 Å². The van der Waals surface area contributed by atoms with Crippen molar-refractivity contribution >= 4 is 5.69 Å². The standard InChI is InChI=1S/C14H19F3N2O2/c15-14(16,17)9-20-10-21-13-5-1-4-12(7-13)19-6-2-3-11(18)8-19/h1,4-5,7,11H,2-3,6,8-10,18H2. The number of alkyl halides is 3. The van der Waals surface area contributed by atoms with Crippen LogP contribution in [-0.4, -0.2) is 38.7 Å². The number of piperidine rings is 1. The minimum absolute atomic E-state index is 0.151. The molecule has 1 unspecified atom stereocenters. The van der Waals surface area contributed by atoms with Gasteiger partial charge < -0.3 is 20.1 Å². The predicted octanol–water partition coefficient (Wildman–Crippen LogP) is 2.53. The van der Waals surface area contributed by atoms with Gasteiger partial charge in [-0.15, -0.1) is 0 Å². The van der Waals surface area contributed by atoms with E-state index in [1.54, 1.807) is 18.2 Å². The van der Waals surface area contributed by atoms with Gasteiger partial charge in [-0.25, -0.2) is 0 Å². The van der Waals surface area contributed by atoms with Crippen molar-refractivity contribution in [2.24, 2.45) is 5.73 Å². The molecule has 21 heavy (non-hydrogen) atoms. The number of ether oxygens (including phenoxy) is 2. The molecule has 0 amide bonds. The summed E-state index contributed by atoms with van der Waals surface area (Å²) < 4.78 is 45.4. The Morgan fingerprint density at radius 1 is 1.33 bits per heavy atom. The highest BCUT2D eigenvalue weighted by Gasteiger charge is 2.27. The minimum Gasteiger partial charge on any atom is -0.467 e. The molecule has 1 aromatic carbocycles. The molecule has 0 saturated carbocycles. The highest BCUT2D eigenvalue weighted by Crippen LogP contribution is 2.24. The van der Waals surface area contributed by atoms with Crippen molar-refractivity contribution in [1.82, 2.24) is 0 Å². The molecule has 1 saturated heterocycles. The molecule has 7 heteroatoms. The molecule has 0 radical (unpaired) electrons. The molecule has 4 nitrogen and oxygen atoms in total. The summed E-state index contributed by atoms with van der Waals surface area (Å²) in [6.07, 6.45) is -2.30. The van der Waals surface area contributed by atoms with Crippen LogP contribution in [0.5, 0.6) is 5.75 Å².